The van der Waals surface area contributed by atoms with Gasteiger partial charge in [-0.05, 0) is 35.3 Å². The molecule has 10 heavy (non-hydrogen) atoms. The summed E-state index contributed by atoms with van der Waals surface area (Å²) >= 11 is 11.1. The summed E-state index contributed by atoms with van der Waals surface area (Å²) in [6.45, 7) is 0. The van der Waals surface area contributed by atoms with Gasteiger partial charge in [-0.15, -0.1) is 0 Å². The van der Waals surface area contributed by atoms with Crippen LogP contribution in [0, 0.1) is 0 Å². The first-order valence-corrected chi connectivity index (χ1v) is 7.18. The van der Waals surface area contributed by atoms with Crippen LogP contribution in [-0.4, -0.2) is 5.66 Å². The lowest BCUT2D eigenvalue weighted by Gasteiger charge is -2.21. The quantitative estimate of drug-likeness (QED) is 0.586. The van der Waals surface area contributed by atoms with E-state index in [2.05, 4.69) is 0 Å². The Hall–Kier alpha value is 0.810. The molecule has 0 spiro atoms. The Balaban J connectivity index is 2.47. The molecule has 1 aliphatic carbocycles. The maximum Gasteiger partial charge on any atom is 0.256 e. The van der Waals surface area contributed by atoms with Crippen LogP contribution >= 0.6 is 28.3 Å². The molecule has 0 N–H and O–H groups in total. The standard InChI is InChI=1S/C6H11Cl2OP/c7-10(8,9)6-4-2-1-3-5-6/h6H,1-5H2. The van der Waals surface area contributed by atoms with Crippen molar-refractivity contribution >= 4 is 28.3 Å². The van der Waals surface area contributed by atoms with E-state index in [0.717, 1.165) is 25.7 Å². The highest BCUT2D eigenvalue weighted by Gasteiger charge is 2.29. The summed E-state index contributed by atoms with van der Waals surface area (Å²) in [4.78, 5) is 0. The van der Waals surface area contributed by atoms with Gasteiger partial charge in [0.2, 0.25) is 0 Å². The molecule has 0 saturated heterocycles. The van der Waals surface area contributed by atoms with E-state index in [0.29, 0.717) is 0 Å². The van der Waals surface area contributed by atoms with Crippen molar-refractivity contribution in [2.24, 2.45) is 0 Å². The van der Waals surface area contributed by atoms with Crippen LogP contribution in [0.4, 0.5) is 0 Å². The van der Waals surface area contributed by atoms with Gasteiger partial charge in [0.1, 0.15) is 0 Å². The lowest BCUT2D eigenvalue weighted by molar-refractivity contribution is 0.494. The molecule has 1 rings (SSSR count). The summed E-state index contributed by atoms with van der Waals surface area (Å²) in [7, 11) is 0. The fraction of sp³-hybridized carbons (Fsp3) is 1.00. The lowest BCUT2D eigenvalue weighted by Crippen LogP contribution is -2.08. The Morgan fingerprint density at radius 1 is 1.10 bits per heavy atom. The zero-order valence-electron chi connectivity index (χ0n) is 5.72. The third-order valence-corrected chi connectivity index (χ3v) is 5.02. The van der Waals surface area contributed by atoms with Gasteiger partial charge in [-0.25, -0.2) is 0 Å². The van der Waals surface area contributed by atoms with E-state index in [4.69, 9.17) is 22.5 Å². The fourth-order valence-corrected chi connectivity index (χ4v) is 3.52. The Bertz CT molecular complexity index is 148. The van der Waals surface area contributed by atoms with E-state index in [9.17, 15) is 4.57 Å². The molecule has 1 saturated carbocycles. The normalized spacial score (nSPS) is 23.0. The molecule has 1 nitrogen and oxygen atoms in total. The van der Waals surface area contributed by atoms with Crippen molar-refractivity contribution < 1.29 is 4.57 Å². The minimum atomic E-state index is -2.80. The maximum atomic E-state index is 11.1. The minimum absolute atomic E-state index is 0.0876. The molecular formula is C6H11Cl2OP. The Morgan fingerprint density at radius 3 is 1.90 bits per heavy atom. The maximum absolute atomic E-state index is 11.1. The second-order valence-corrected chi connectivity index (χ2v) is 8.06. The molecular weight excluding hydrogens is 190 g/mol. The van der Waals surface area contributed by atoms with Crippen LogP contribution < -0.4 is 0 Å². The van der Waals surface area contributed by atoms with Gasteiger partial charge in [0.15, 0.2) is 0 Å². The summed E-state index contributed by atoms with van der Waals surface area (Å²) < 4.78 is 11.1. The molecule has 0 radical (unpaired) electrons. The van der Waals surface area contributed by atoms with Gasteiger partial charge in [0, 0.05) is 5.66 Å². The first-order valence-electron chi connectivity index (χ1n) is 3.60. The summed E-state index contributed by atoms with van der Waals surface area (Å²) in [5, 5.41) is 0. The van der Waals surface area contributed by atoms with Crippen LogP contribution in [0.3, 0.4) is 0 Å². The zero-order chi connectivity index (χ0) is 7.61. The highest BCUT2D eigenvalue weighted by Crippen LogP contribution is 2.64. The van der Waals surface area contributed by atoms with Crippen molar-refractivity contribution in [1.82, 2.24) is 0 Å². The molecule has 1 aliphatic rings. The predicted octanol–water partition coefficient (Wildman–Crippen LogP) is 3.99. The molecule has 4 heteroatoms. The van der Waals surface area contributed by atoms with Crippen molar-refractivity contribution in [2.75, 3.05) is 0 Å². The van der Waals surface area contributed by atoms with Crippen LogP contribution in [0.15, 0.2) is 0 Å². The highest BCUT2D eigenvalue weighted by atomic mass is 35.9. The summed E-state index contributed by atoms with van der Waals surface area (Å²) in [6, 6.07) is 0. The molecule has 0 aromatic heterocycles. The number of rotatable bonds is 1. The lowest BCUT2D eigenvalue weighted by atomic mass is 10.0. The number of halogens is 2. The van der Waals surface area contributed by atoms with Gasteiger partial charge in [0.25, 0.3) is 5.85 Å². The third kappa shape index (κ3) is 2.45. The van der Waals surface area contributed by atoms with Crippen molar-refractivity contribution in [2.45, 2.75) is 37.8 Å². The van der Waals surface area contributed by atoms with E-state index in [1.807, 2.05) is 0 Å². The first kappa shape index (κ1) is 8.90. The van der Waals surface area contributed by atoms with E-state index in [-0.39, 0.29) is 5.66 Å². The zero-order valence-corrected chi connectivity index (χ0v) is 8.13. The van der Waals surface area contributed by atoms with Crippen LogP contribution in [0.1, 0.15) is 32.1 Å². The van der Waals surface area contributed by atoms with Gasteiger partial charge in [-0.3, -0.25) is 4.57 Å². The van der Waals surface area contributed by atoms with Gasteiger partial charge < -0.3 is 0 Å². The van der Waals surface area contributed by atoms with E-state index >= 15 is 0 Å². The van der Waals surface area contributed by atoms with Crippen molar-refractivity contribution in [3.63, 3.8) is 0 Å². The van der Waals surface area contributed by atoms with Gasteiger partial charge in [-0.2, -0.15) is 0 Å². The first-order chi connectivity index (χ1) is 4.61. The SMILES string of the molecule is O=P(Cl)(Cl)C1CCCCC1. The molecule has 0 aromatic carbocycles. The fourth-order valence-electron chi connectivity index (χ4n) is 1.38. The third-order valence-electron chi connectivity index (χ3n) is 2.00. The van der Waals surface area contributed by atoms with E-state index in [1.165, 1.54) is 6.42 Å². The second-order valence-electron chi connectivity index (χ2n) is 2.79. The summed E-state index contributed by atoms with van der Waals surface area (Å²) in [6.07, 6.45) is 5.40. The Kier molecular flexibility index (Phi) is 3.09. The molecule has 60 valence electrons. The average Bonchev–Trinajstić information content (AvgIpc) is 1.88. The number of hydrogen-bond acceptors (Lipinski definition) is 1. The molecule has 0 atom stereocenters. The summed E-state index contributed by atoms with van der Waals surface area (Å²) in [5.41, 5.74) is 0.0876. The van der Waals surface area contributed by atoms with Crippen LogP contribution in [0.25, 0.3) is 0 Å². The minimum Gasteiger partial charge on any atom is -0.289 e. The monoisotopic (exact) mass is 200 g/mol. The second kappa shape index (κ2) is 3.47. The van der Waals surface area contributed by atoms with Gasteiger partial charge in [0.05, 0.1) is 0 Å². The molecule has 0 amide bonds. The van der Waals surface area contributed by atoms with Crippen LogP contribution in [0.2, 0.25) is 0 Å². The molecule has 0 aliphatic heterocycles. The molecule has 0 heterocycles. The molecule has 1 fully saturated rings. The van der Waals surface area contributed by atoms with Crippen LogP contribution in [0.5, 0.6) is 0 Å². The van der Waals surface area contributed by atoms with Gasteiger partial charge >= 0.3 is 0 Å². The number of hydrogen-bond donors (Lipinski definition) is 0. The van der Waals surface area contributed by atoms with Crippen molar-refractivity contribution in [3.8, 4) is 0 Å². The van der Waals surface area contributed by atoms with Crippen LogP contribution in [-0.2, 0) is 4.57 Å². The summed E-state index contributed by atoms with van der Waals surface area (Å²) in [5.74, 6) is -2.80. The van der Waals surface area contributed by atoms with Crippen molar-refractivity contribution in [1.29, 1.82) is 0 Å². The largest absolute Gasteiger partial charge is 0.289 e. The van der Waals surface area contributed by atoms with Crippen molar-refractivity contribution in [3.05, 3.63) is 0 Å². The molecule has 0 bridgehead atoms. The van der Waals surface area contributed by atoms with E-state index < -0.39 is 5.85 Å². The Labute approximate surface area is 71.0 Å². The molecule has 0 unspecified atom stereocenters. The van der Waals surface area contributed by atoms with E-state index in [1.54, 1.807) is 0 Å². The molecule has 0 aromatic rings. The smallest absolute Gasteiger partial charge is 0.256 e. The topological polar surface area (TPSA) is 17.1 Å². The highest BCUT2D eigenvalue weighted by molar-refractivity contribution is 8.09. The Morgan fingerprint density at radius 2 is 1.60 bits per heavy atom. The average molecular weight is 201 g/mol. The van der Waals surface area contributed by atoms with Gasteiger partial charge in [-0.1, -0.05) is 19.3 Å². The predicted molar refractivity (Wildman–Crippen MR) is 46.2 cm³/mol.